The molecular weight excluding hydrogens is 158 g/mol. The predicted octanol–water partition coefficient (Wildman–Crippen LogP) is 1.81. The van der Waals surface area contributed by atoms with Crippen LogP contribution in [0, 0.1) is 6.92 Å². The average molecular weight is 169 g/mol. The van der Waals surface area contributed by atoms with Crippen molar-refractivity contribution >= 4 is 17.2 Å². The van der Waals surface area contributed by atoms with E-state index in [-0.39, 0.29) is 5.91 Å². The summed E-state index contributed by atoms with van der Waals surface area (Å²) in [5, 5.41) is 4.72. The minimum Gasteiger partial charge on any atom is -0.352 e. The molecule has 0 aromatic carbocycles. The van der Waals surface area contributed by atoms with Crippen LogP contribution in [0.2, 0.25) is 0 Å². The monoisotopic (exact) mass is 169 g/mol. The zero-order chi connectivity index (χ0) is 8.27. The molecule has 1 N–H and O–H groups in total. The summed E-state index contributed by atoms with van der Waals surface area (Å²) in [6.45, 7) is 4.59. The second-order valence-corrected chi connectivity index (χ2v) is 3.26. The lowest BCUT2D eigenvalue weighted by molar-refractivity contribution is 0.0960. The number of thiophene rings is 1. The molecule has 0 saturated carbocycles. The number of rotatable bonds is 2. The third-order valence-corrected chi connectivity index (χ3v) is 2.34. The van der Waals surface area contributed by atoms with E-state index in [0.29, 0.717) is 6.54 Å². The fourth-order valence-corrected chi connectivity index (χ4v) is 1.61. The lowest BCUT2D eigenvalue weighted by atomic mass is 10.3. The summed E-state index contributed by atoms with van der Waals surface area (Å²) < 4.78 is 0. The first-order chi connectivity index (χ1) is 5.24. The molecule has 1 aromatic heterocycles. The van der Waals surface area contributed by atoms with E-state index in [1.54, 1.807) is 0 Å². The van der Waals surface area contributed by atoms with Gasteiger partial charge in [0.25, 0.3) is 5.91 Å². The normalized spacial score (nSPS) is 9.64. The SMILES string of the molecule is CCNC(=O)c1cc(C)cs1. The number of aryl methyl sites for hydroxylation is 1. The van der Waals surface area contributed by atoms with Gasteiger partial charge < -0.3 is 5.32 Å². The topological polar surface area (TPSA) is 29.1 Å². The molecule has 0 fully saturated rings. The van der Waals surface area contributed by atoms with Crippen molar-refractivity contribution in [3.63, 3.8) is 0 Å². The van der Waals surface area contributed by atoms with Crippen LogP contribution in [0.3, 0.4) is 0 Å². The lowest BCUT2D eigenvalue weighted by Crippen LogP contribution is -2.21. The van der Waals surface area contributed by atoms with Gasteiger partial charge in [-0.25, -0.2) is 0 Å². The number of carbonyl (C=O) groups is 1. The first kappa shape index (κ1) is 8.27. The molecule has 0 unspecified atom stereocenters. The molecule has 0 spiro atoms. The molecule has 2 nitrogen and oxygen atoms in total. The minimum atomic E-state index is 0.0330. The molecule has 60 valence electrons. The molecule has 1 amide bonds. The van der Waals surface area contributed by atoms with Gasteiger partial charge in [0, 0.05) is 6.54 Å². The predicted molar refractivity (Wildman–Crippen MR) is 47.1 cm³/mol. The largest absolute Gasteiger partial charge is 0.352 e. The smallest absolute Gasteiger partial charge is 0.261 e. The van der Waals surface area contributed by atoms with E-state index >= 15 is 0 Å². The van der Waals surface area contributed by atoms with Gasteiger partial charge in [-0.1, -0.05) is 0 Å². The Morgan fingerprint density at radius 1 is 1.73 bits per heavy atom. The van der Waals surface area contributed by atoms with Gasteiger partial charge >= 0.3 is 0 Å². The fourth-order valence-electron chi connectivity index (χ4n) is 0.798. The van der Waals surface area contributed by atoms with Crippen molar-refractivity contribution in [2.75, 3.05) is 6.54 Å². The zero-order valence-electron chi connectivity index (χ0n) is 6.68. The summed E-state index contributed by atoms with van der Waals surface area (Å²) >= 11 is 1.49. The van der Waals surface area contributed by atoms with E-state index in [1.165, 1.54) is 11.3 Å². The average Bonchev–Trinajstić information content (AvgIpc) is 2.36. The summed E-state index contributed by atoms with van der Waals surface area (Å²) in [6.07, 6.45) is 0. The number of hydrogen-bond acceptors (Lipinski definition) is 2. The molecule has 3 heteroatoms. The van der Waals surface area contributed by atoms with E-state index < -0.39 is 0 Å². The van der Waals surface area contributed by atoms with Crippen LogP contribution in [0.4, 0.5) is 0 Å². The van der Waals surface area contributed by atoms with Crippen molar-refractivity contribution in [2.45, 2.75) is 13.8 Å². The van der Waals surface area contributed by atoms with Gasteiger partial charge in [0.15, 0.2) is 0 Å². The highest BCUT2D eigenvalue weighted by atomic mass is 32.1. The Bertz CT molecular complexity index is 254. The van der Waals surface area contributed by atoms with Crippen LogP contribution >= 0.6 is 11.3 Å². The van der Waals surface area contributed by atoms with Gasteiger partial charge in [0.2, 0.25) is 0 Å². The summed E-state index contributed by atoms with van der Waals surface area (Å²) in [7, 11) is 0. The van der Waals surface area contributed by atoms with E-state index in [9.17, 15) is 4.79 Å². The molecule has 0 aliphatic carbocycles. The molecule has 11 heavy (non-hydrogen) atoms. The highest BCUT2D eigenvalue weighted by molar-refractivity contribution is 7.12. The van der Waals surface area contributed by atoms with Crippen molar-refractivity contribution in [2.24, 2.45) is 0 Å². The van der Waals surface area contributed by atoms with Gasteiger partial charge in [-0.3, -0.25) is 4.79 Å². The van der Waals surface area contributed by atoms with Gasteiger partial charge in [-0.05, 0) is 30.9 Å². The maximum atomic E-state index is 11.2. The summed E-state index contributed by atoms with van der Waals surface area (Å²) in [4.78, 5) is 12.0. The van der Waals surface area contributed by atoms with Crippen LogP contribution in [-0.2, 0) is 0 Å². The molecule has 1 rings (SSSR count). The first-order valence-corrected chi connectivity index (χ1v) is 4.45. The third kappa shape index (κ3) is 2.05. The van der Waals surface area contributed by atoms with Crippen molar-refractivity contribution in [3.8, 4) is 0 Å². The zero-order valence-corrected chi connectivity index (χ0v) is 7.49. The summed E-state index contributed by atoms with van der Waals surface area (Å²) in [6, 6.07) is 1.90. The van der Waals surface area contributed by atoms with Gasteiger partial charge in [0.1, 0.15) is 0 Å². The van der Waals surface area contributed by atoms with Crippen molar-refractivity contribution in [3.05, 3.63) is 21.9 Å². The number of amides is 1. The van der Waals surface area contributed by atoms with Crippen LogP contribution in [0.15, 0.2) is 11.4 Å². The van der Waals surface area contributed by atoms with Crippen LogP contribution in [0.25, 0.3) is 0 Å². The van der Waals surface area contributed by atoms with Gasteiger partial charge in [-0.2, -0.15) is 0 Å². The molecular formula is C8H11NOS. The number of carbonyl (C=O) groups excluding carboxylic acids is 1. The number of nitrogens with one attached hydrogen (secondary N) is 1. The molecule has 0 saturated heterocycles. The highest BCUT2D eigenvalue weighted by Gasteiger charge is 2.04. The standard InChI is InChI=1S/C8H11NOS/c1-3-9-8(10)7-4-6(2)5-11-7/h4-5H,3H2,1-2H3,(H,9,10). The lowest BCUT2D eigenvalue weighted by Gasteiger charge is -1.96. The molecule has 0 bridgehead atoms. The molecule has 0 radical (unpaired) electrons. The second kappa shape index (κ2) is 3.53. The van der Waals surface area contributed by atoms with Crippen molar-refractivity contribution in [1.29, 1.82) is 0 Å². The Labute approximate surface area is 70.2 Å². The minimum absolute atomic E-state index is 0.0330. The Morgan fingerprint density at radius 2 is 2.45 bits per heavy atom. The van der Waals surface area contributed by atoms with Crippen molar-refractivity contribution in [1.82, 2.24) is 5.32 Å². The summed E-state index contributed by atoms with van der Waals surface area (Å²) in [5.74, 6) is 0.0330. The Morgan fingerprint density at radius 3 is 2.91 bits per heavy atom. The van der Waals surface area contributed by atoms with Gasteiger partial charge in [0.05, 0.1) is 4.88 Å². The Hall–Kier alpha value is -0.830. The fraction of sp³-hybridized carbons (Fsp3) is 0.375. The van der Waals surface area contributed by atoms with E-state index in [2.05, 4.69) is 5.32 Å². The number of hydrogen-bond donors (Lipinski definition) is 1. The highest BCUT2D eigenvalue weighted by Crippen LogP contribution is 2.12. The van der Waals surface area contributed by atoms with Crippen LogP contribution < -0.4 is 5.32 Å². The summed E-state index contributed by atoms with van der Waals surface area (Å²) in [5.41, 5.74) is 1.15. The molecule has 0 aliphatic rings. The van der Waals surface area contributed by atoms with Crippen LogP contribution in [0.1, 0.15) is 22.2 Å². The third-order valence-electron chi connectivity index (χ3n) is 1.29. The second-order valence-electron chi connectivity index (χ2n) is 2.35. The van der Waals surface area contributed by atoms with Crippen LogP contribution in [0.5, 0.6) is 0 Å². The van der Waals surface area contributed by atoms with E-state index in [4.69, 9.17) is 0 Å². The maximum Gasteiger partial charge on any atom is 0.261 e. The molecule has 1 aromatic rings. The maximum absolute atomic E-state index is 11.2. The molecule has 1 heterocycles. The quantitative estimate of drug-likeness (QED) is 0.718. The van der Waals surface area contributed by atoms with Crippen molar-refractivity contribution < 1.29 is 4.79 Å². The Balaban J connectivity index is 2.69. The van der Waals surface area contributed by atoms with Crippen LogP contribution in [-0.4, -0.2) is 12.5 Å². The Kier molecular flexibility index (Phi) is 2.65. The van der Waals surface area contributed by atoms with E-state index in [0.717, 1.165) is 10.4 Å². The molecule has 0 aliphatic heterocycles. The van der Waals surface area contributed by atoms with E-state index in [1.807, 2.05) is 25.3 Å². The van der Waals surface area contributed by atoms with Gasteiger partial charge in [-0.15, -0.1) is 11.3 Å². The first-order valence-electron chi connectivity index (χ1n) is 3.57. The molecule has 0 atom stereocenters.